The van der Waals surface area contributed by atoms with Crippen LogP contribution in [0, 0.1) is 27.7 Å². The van der Waals surface area contributed by atoms with E-state index in [9.17, 15) is 9.59 Å². The largest absolute Gasteiger partial charge is 0.465 e. The summed E-state index contributed by atoms with van der Waals surface area (Å²) in [5.41, 5.74) is 8.24. The van der Waals surface area contributed by atoms with Crippen LogP contribution in [0.15, 0.2) is 41.8 Å². The van der Waals surface area contributed by atoms with Gasteiger partial charge in [0, 0.05) is 42.8 Å². The van der Waals surface area contributed by atoms with Crippen LogP contribution in [0.5, 0.6) is 0 Å². The van der Waals surface area contributed by atoms with Crippen molar-refractivity contribution in [2.75, 3.05) is 50.1 Å². The number of thiophene rings is 1. The monoisotopic (exact) mass is 491 g/mol. The number of hydrogen-bond acceptors (Lipinski definition) is 6. The SMILES string of the molecule is COC(=O)c1c(-c2cc(C)ccc2C)csc1NC(=O)CN1CCN(c2cccc(C)c2C)CC1. The van der Waals surface area contributed by atoms with Gasteiger partial charge in [0.05, 0.1) is 13.7 Å². The van der Waals surface area contributed by atoms with Gasteiger partial charge < -0.3 is 15.0 Å². The fourth-order valence-electron chi connectivity index (χ4n) is 4.57. The van der Waals surface area contributed by atoms with E-state index in [2.05, 4.69) is 53.2 Å². The van der Waals surface area contributed by atoms with Crippen molar-refractivity contribution in [3.63, 3.8) is 0 Å². The van der Waals surface area contributed by atoms with Crippen LogP contribution in [0.4, 0.5) is 10.7 Å². The normalized spacial score (nSPS) is 14.1. The number of nitrogens with one attached hydrogen (secondary N) is 1. The average Bonchev–Trinajstić information content (AvgIpc) is 3.25. The van der Waals surface area contributed by atoms with Crippen LogP contribution in [-0.4, -0.2) is 56.6 Å². The molecule has 1 fully saturated rings. The number of carbonyl (C=O) groups excluding carboxylic acids is 2. The van der Waals surface area contributed by atoms with Crippen LogP contribution >= 0.6 is 11.3 Å². The fourth-order valence-corrected chi connectivity index (χ4v) is 5.54. The zero-order chi connectivity index (χ0) is 25.1. The molecule has 0 atom stereocenters. The second-order valence-corrected chi connectivity index (χ2v) is 10.1. The first-order valence-corrected chi connectivity index (χ1v) is 12.8. The Hall–Kier alpha value is -3.16. The lowest BCUT2D eigenvalue weighted by Gasteiger charge is -2.36. The molecular weight excluding hydrogens is 458 g/mol. The minimum Gasteiger partial charge on any atom is -0.465 e. The van der Waals surface area contributed by atoms with Gasteiger partial charge in [-0.2, -0.15) is 0 Å². The molecule has 0 radical (unpaired) electrons. The minimum absolute atomic E-state index is 0.121. The summed E-state index contributed by atoms with van der Waals surface area (Å²) < 4.78 is 5.07. The minimum atomic E-state index is -0.445. The summed E-state index contributed by atoms with van der Waals surface area (Å²) in [5, 5.41) is 5.44. The summed E-state index contributed by atoms with van der Waals surface area (Å²) in [6, 6.07) is 12.6. The number of aryl methyl sites for hydroxylation is 3. The molecule has 2 aromatic carbocycles. The number of rotatable bonds is 6. The number of piperazine rings is 1. The van der Waals surface area contributed by atoms with E-state index in [1.54, 1.807) is 0 Å². The third kappa shape index (κ3) is 5.41. The highest BCUT2D eigenvalue weighted by atomic mass is 32.1. The third-order valence-electron chi connectivity index (χ3n) is 6.77. The number of esters is 1. The maximum atomic E-state index is 12.9. The summed E-state index contributed by atoms with van der Waals surface area (Å²) >= 11 is 1.36. The lowest BCUT2D eigenvalue weighted by Crippen LogP contribution is -2.48. The number of benzene rings is 2. The molecule has 1 aliphatic heterocycles. The molecule has 7 heteroatoms. The number of nitrogens with zero attached hydrogens (tertiary/aromatic N) is 2. The van der Waals surface area contributed by atoms with Gasteiger partial charge in [0.2, 0.25) is 5.91 Å². The summed E-state index contributed by atoms with van der Waals surface area (Å²) in [4.78, 5) is 30.2. The maximum Gasteiger partial charge on any atom is 0.341 e. The quantitative estimate of drug-likeness (QED) is 0.481. The van der Waals surface area contributed by atoms with Crippen molar-refractivity contribution in [1.29, 1.82) is 0 Å². The Balaban J connectivity index is 1.44. The summed E-state index contributed by atoms with van der Waals surface area (Å²) in [6.07, 6.45) is 0. The van der Waals surface area contributed by atoms with Gasteiger partial charge in [-0.15, -0.1) is 11.3 Å². The molecule has 1 saturated heterocycles. The second-order valence-electron chi connectivity index (χ2n) is 9.19. The molecule has 184 valence electrons. The van der Waals surface area contributed by atoms with Crippen molar-refractivity contribution >= 4 is 33.9 Å². The van der Waals surface area contributed by atoms with Crippen molar-refractivity contribution in [2.24, 2.45) is 0 Å². The smallest absolute Gasteiger partial charge is 0.341 e. The molecule has 0 spiro atoms. The molecule has 6 nitrogen and oxygen atoms in total. The Morgan fingerprint density at radius 2 is 1.71 bits per heavy atom. The predicted octanol–water partition coefficient (Wildman–Crippen LogP) is 5.20. The van der Waals surface area contributed by atoms with Crippen molar-refractivity contribution in [3.8, 4) is 11.1 Å². The van der Waals surface area contributed by atoms with Gasteiger partial charge in [-0.25, -0.2) is 4.79 Å². The Kier molecular flexibility index (Phi) is 7.57. The number of ether oxygens (including phenoxy) is 1. The van der Waals surface area contributed by atoms with Gasteiger partial charge in [-0.1, -0.05) is 35.9 Å². The highest BCUT2D eigenvalue weighted by Crippen LogP contribution is 2.38. The zero-order valence-electron chi connectivity index (χ0n) is 21.1. The Morgan fingerprint density at radius 3 is 2.43 bits per heavy atom. The molecule has 2 heterocycles. The first-order chi connectivity index (χ1) is 16.8. The van der Waals surface area contributed by atoms with Gasteiger partial charge in [0.15, 0.2) is 0 Å². The molecule has 1 aromatic heterocycles. The molecule has 1 aliphatic rings. The van der Waals surface area contributed by atoms with Gasteiger partial charge in [0.25, 0.3) is 0 Å². The van der Waals surface area contributed by atoms with Crippen LogP contribution in [0.25, 0.3) is 11.1 Å². The molecule has 3 aromatic rings. The van der Waals surface area contributed by atoms with E-state index in [0.29, 0.717) is 10.6 Å². The number of methoxy groups -OCH3 is 1. The Labute approximate surface area is 211 Å². The van der Waals surface area contributed by atoms with E-state index in [1.165, 1.54) is 35.3 Å². The lowest BCUT2D eigenvalue weighted by atomic mass is 9.97. The standard InChI is InChI=1S/C28H33N3O3S/c1-18-9-10-20(3)22(15-18)23-17-35-27(26(23)28(33)34-5)29-25(32)16-30-11-13-31(14-12-30)24-8-6-7-19(2)21(24)4/h6-10,15,17H,11-14,16H2,1-5H3,(H,29,32). The fraction of sp³-hybridized carbons (Fsp3) is 0.357. The van der Waals surface area contributed by atoms with Crippen LogP contribution in [0.2, 0.25) is 0 Å². The first-order valence-electron chi connectivity index (χ1n) is 11.9. The molecule has 0 saturated carbocycles. The van der Waals surface area contributed by atoms with Crippen LogP contribution in [0.1, 0.15) is 32.6 Å². The van der Waals surface area contributed by atoms with Gasteiger partial charge >= 0.3 is 5.97 Å². The molecular formula is C28H33N3O3S. The Morgan fingerprint density at radius 1 is 0.971 bits per heavy atom. The van der Waals surface area contributed by atoms with E-state index in [0.717, 1.165) is 48.4 Å². The molecule has 0 bridgehead atoms. The molecule has 1 N–H and O–H groups in total. The molecule has 0 unspecified atom stereocenters. The number of carbonyl (C=O) groups is 2. The zero-order valence-corrected chi connectivity index (χ0v) is 21.9. The van der Waals surface area contributed by atoms with Crippen LogP contribution in [-0.2, 0) is 9.53 Å². The predicted molar refractivity (Wildman–Crippen MR) is 144 cm³/mol. The van der Waals surface area contributed by atoms with Crippen LogP contribution in [0.3, 0.4) is 0 Å². The van der Waals surface area contributed by atoms with E-state index >= 15 is 0 Å². The van der Waals surface area contributed by atoms with Gasteiger partial charge in [0.1, 0.15) is 10.6 Å². The Bertz CT molecular complexity index is 1240. The molecule has 0 aliphatic carbocycles. The van der Waals surface area contributed by atoms with E-state index in [1.807, 2.05) is 31.4 Å². The molecule has 35 heavy (non-hydrogen) atoms. The highest BCUT2D eigenvalue weighted by molar-refractivity contribution is 7.15. The summed E-state index contributed by atoms with van der Waals surface area (Å²) in [6.45, 7) is 12.0. The number of anilines is 2. The van der Waals surface area contributed by atoms with E-state index < -0.39 is 5.97 Å². The average molecular weight is 492 g/mol. The van der Waals surface area contributed by atoms with Gasteiger partial charge in [-0.05, 0) is 56.0 Å². The topological polar surface area (TPSA) is 61.9 Å². The van der Waals surface area contributed by atoms with Crippen molar-refractivity contribution < 1.29 is 14.3 Å². The van der Waals surface area contributed by atoms with Crippen molar-refractivity contribution in [1.82, 2.24) is 4.90 Å². The molecule has 4 rings (SSSR count). The van der Waals surface area contributed by atoms with Crippen LogP contribution < -0.4 is 10.2 Å². The summed E-state index contributed by atoms with van der Waals surface area (Å²) in [7, 11) is 1.37. The third-order valence-corrected chi connectivity index (χ3v) is 7.67. The van der Waals surface area contributed by atoms with E-state index in [-0.39, 0.29) is 12.5 Å². The van der Waals surface area contributed by atoms with E-state index in [4.69, 9.17) is 4.74 Å². The number of hydrogen-bond donors (Lipinski definition) is 1. The maximum absolute atomic E-state index is 12.9. The van der Waals surface area contributed by atoms with Gasteiger partial charge in [-0.3, -0.25) is 9.69 Å². The lowest BCUT2D eigenvalue weighted by molar-refractivity contribution is -0.117. The first kappa shape index (κ1) is 24.9. The van der Waals surface area contributed by atoms with Crippen molar-refractivity contribution in [2.45, 2.75) is 27.7 Å². The van der Waals surface area contributed by atoms with Crippen molar-refractivity contribution in [3.05, 3.63) is 69.6 Å². The summed E-state index contributed by atoms with van der Waals surface area (Å²) in [5.74, 6) is -0.565. The molecule has 1 amide bonds. The second kappa shape index (κ2) is 10.6. The number of amides is 1. The highest BCUT2D eigenvalue weighted by Gasteiger charge is 2.25.